The molecular formula is C17H24N2O3S. The van der Waals surface area contributed by atoms with Crippen molar-refractivity contribution in [2.45, 2.75) is 45.4 Å². The lowest BCUT2D eigenvalue weighted by Crippen LogP contribution is -2.34. The zero-order valence-corrected chi connectivity index (χ0v) is 15.0. The van der Waals surface area contributed by atoms with E-state index in [1.165, 1.54) is 0 Å². The summed E-state index contributed by atoms with van der Waals surface area (Å²) in [5.41, 5.74) is 2.34. The number of benzene rings is 1. The maximum Gasteiger partial charge on any atom is 0.354 e. The molecule has 2 aromatic rings. The van der Waals surface area contributed by atoms with E-state index in [1.807, 2.05) is 45.9 Å². The van der Waals surface area contributed by atoms with Gasteiger partial charge in [0.2, 0.25) is 0 Å². The molecule has 0 amide bonds. The van der Waals surface area contributed by atoms with Crippen LogP contribution < -0.4 is 4.72 Å². The fourth-order valence-electron chi connectivity index (χ4n) is 2.14. The summed E-state index contributed by atoms with van der Waals surface area (Å²) in [6, 6.07) is 7.60. The van der Waals surface area contributed by atoms with Crippen LogP contribution in [0.1, 0.15) is 56.7 Å². The van der Waals surface area contributed by atoms with E-state index in [2.05, 4.69) is 9.71 Å². The van der Waals surface area contributed by atoms with Crippen LogP contribution in [0, 0.1) is 0 Å². The van der Waals surface area contributed by atoms with Crippen LogP contribution in [0.3, 0.4) is 0 Å². The Morgan fingerprint density at radius 3 is 2.65 bits per heavy atom. The predicted molar refractivity (Wildman–Crippen MR) is 93.7 cm³/mol. The third kappa shape index (κ3) is 4.20. The molecule has 2 atom stereocenters. The second-order valence-corrected chi connectivity index (χ2v) is 8.47. The molecule has 0 fully saturated rings. The van der Waals surface area contributed by atoms with E-state index in [4.69, 9.17) is 4.74 Å². The van der Waals surface area contributed by atoms with Crippen LogP contribution in [-0.2, 0) is 15.7 Å². The van der Waals surface area contributed by atoms with Crippen LogP contribution in [0.4, 0.5) is 0 Å². The van der Waals surface area contributed by atoms with Crippen molar-refractivity contribution in [3.8, 4) is 0 Å². The summed E-state index contributed by atoms with van der Waals surface area (Å²) >= 11 is 0. The number of H-pyrrole nitrogens is 1. The van der Waals surface area contributed by atoms with Crippen LogP contribution in [0.2, 0.25) is 0 Å². The summed E-state index contributed by atoms with van der Waals surface area (Å²) in [7, 11) is -1.14. The first-order valence-corrected chi connectivity index (χ1v) is 8.85. The van der Waals surface area contributed by atoms with Crippen LogP contribution in [0.5, 0.6) is 0 Å². The third-order valence-corrected chi connectivity index (χ3v) is 5.16. The fourth-order valence-corrected chi connectivity index (χ4v) is 2.96. The van der Waals surface area contributed by atoms with Gasteiger partial charge in [-0.3, -0.25) is 0 Å². The first-order valence-electron chi connectivity index (χ1n) is 7.70. The Morgan fingerprint density at radius 1 is 1.35 bits per heavy atom. The summed E-state index contributed by atoms with van der Waals surface area (Å²) in [6.07, 6.45) is 0. The molecule has 0 saturated heterocycles. The average molecular weight is 336 g/mol. The molecule has 0 saturated carbocycles. The van der Waals surface area contributed by atoms with E-state index in [0.717, 1.165) is 16.5 Å². The zero-order chi connectivity index (χ0) is 17.2. The molecule has 2 N–H and O–H groups in total. The maximum atomic E-state index is 12.2. The number of nitrogens with one attached hydrogen (secondary N) is 2. The highest BCUT2D eigenvalue weighted by Crippen LogP contribution is 2.23. The maximum absolute atomic E-state index is 12.2. The Morgan fingerprint density at radius 2 is 2.04 bits per heavy atom. The molecule has 0 aliphatic heterocycles. The van der Waals surface area contributed by atoms with Gasteiger partial charge in [0.25, 0.3) is 0 Å². The van der Waals surface area contributed by atoms with Gasteiger partial charge in [0.05, 0.1) is 22.3 Å². The van der Waals surface area contributed by atoms with E-state index < -0.39 is 11.0 Å². The van der Waals surface area contributed by atoms with Gasteiger partial charge in [0, 0.05) is 16.9 Å². The lowest BCUT2D eigenvalue weighted by atomic mass is 10.1. The molecule has 0 aliphatic carbocycles. The van der Waals surface area contributed by atoms with E-state index >= 15 is 0 Å². The van der Waals surface area contributed by atoms with Gasteiger partial charge in [-0.1, -0.05) is 6.07 Å². The summed E-state index contributed by atoms with van der Waals surface area (Å²) < 4.78 is 20.0. The number of aromatic amines is 1. The van der Waals surface area contributed by atoms with Crippen molar-refractivity contribution in [1.82, 2.24) is 9.71 Å². The molecule has 0 unspecified atom stereocenters. The SMILES string of the molecule is CCOC(=O)c1cc2cc([C@@H](C)N[S@@](=O)C(C)(C)C)ccc2[nH]1. The minimum Gasteiger partial charge on any atom is -0.461 e. The molecule has 0 radical (unpaired) electrons. The van der Waals surface area contributed by atoms with Crippen LogP contribution in [-0.4, -0.2) is 26.5 Å². The van der Waals surface area contributed by atoms with Crippen molar-refractivity contribution in [2.75, 3.05) is 6.61 Å². The predicted octanol–water partition coefficient (Wildman–Crippen LogP) is 3.46. The van der Waals surface area contributed by atoms with Crippen molar-refractivity contribution in [2.24, 2.45) is 0 Å². The molecule has 0 bridgehead atoms. The van der Waals surface area contributed by atoms with E-state index in [1.54, 1.807) is 13.0 Å². The van der Waals surface area contributed by atoms with E-state index in [9.17, 15) is 9.00 Å². The molecule has 23 heavy (non-hydrogen) atoms. The Hall–Kier alpha value is -1.66. The molecule has 2 rings (SSSR count). The second-order valence-electron chi connectivity index (χ2n) is 6.47. The Balaban J connectivity index is 2.22. The minimum absolute atomic E-state index is 0.0552. The number of esters is 1. The number of hydrogen-bond acceptors (Lipinski definition) is 3. The van der Waals surface area contributed by atoms with Gasteiger partial charge < -0.3 is 9.72 Å². The first-order chi connectivity index (χ1) is 10.7. The molecule has 1 heterocycles. The zero-order valence-electron chi connectivity index (χ0n) is 14.2. The lowest BCUT2D eigenvalue weighted by Gasteiger charge is -2.22. The number of carbonyl (C=O) groups excluding carboxylic acids is 1. The monoisotopic (exact) mass is 336 g/mol. The molecule has 1 aromatic carbocycles. The molecule has 6 heteroatoms. The van der Waals surface area contributed by atoms with Gasteiger partial charge >= 0.3 is 5.97 Å². The van der Waals surface area contributed by atoms with Crippen molar-refractivity contribution < 1.29 is 13.7 Å². The van der Waals surface area contributed by atoms with Crippen molar-refractivity contribution in [3.63, 3.8) is 0 Å². The highest BCUT2D eigenvalue weighted by molar-refractivity contribution is 7.84. The van der Waals surface area contributed by atoms with Crippen LogP contribution in [0.25, 0.3) is 10.9 Å². The summed E-state index contributed by atoms with van der Waals surface area (Å²) in [4.78, 5) is 14.8. The topological polar surface area (TPSA) is 71.2 Å². The normalized spacial score (nSPS) is 14.7. The number of carbonyl (C=O) groups is 1. The Labute approximate surface area is 139 Å². The second kappa shape index (κ2) is 6.84. The molecule has 0 spiro atoms. The fraction of sp³-hybridized carbons (Fsp3) is 0.471. The summed E-state index contributed by atoms with van der Waals surface area (Å²) in [5.74, 6) is -0.356. The molecule has 1 aromatic heterocycles. The van der Waals surface area contributed by atoms with Gasteiger partial charge in [-0.15, -0.1) is 0 Å². The van der Waals surface area contributed by atoms with Crippen LogP contribution >= 0.6 is 0 Å². The standard InChI is InChI=1S/C17H24N2O3S/c1-6-22-16(20)15-10-13-9-12(7-8-14(13)18-15)11(2)19-23(21)17(3,4)5/h7-11,18-19H,6H2,1-5H3/t11-,23+/m1/s1. The minimum atomic E-state index is -1.14. The van der Waals surface area contributed by atoms with E-state index in [0.29, 0.717) is 12.3 Å². The van der Waals surface area contributed by atoms with Crippen LogP contribution in [0.15, 0.2) is 24.3 Å². The molecule has 0 aliphatic rings. The van der Waals surface area contributed by atoms with Gasteiger partial charge in [0.15, 0.2) is 0 Å². The van der Waals surface area contributed by atoms with Crippen molar-refractivity contribution in [1.29, 1.82) is 0 Å². The molecular weight excluding hydrogens is 312 g/mol. The summed E-state index contributed by atoms with van der Waals surface area (Å²) in [6.45, 7) is 9.90. The number of hydrogen-bond donors (Lipinski definition) is 2. The average Bonchev–Trinajstić information content (AvgIpc) is 2.89. The van der Waals surface area contributed by atoms with Crippen molar-refractivity contribution >= 4 is 27.9 Å². The number of aromatic nitrogens is 1. The summed E-state index contributed by atoms with van der Waals surface area (Å²) in [5, 5.41) is 0.931. The molecule has 5 nitrogen and oxygen atoms in total. The number of fused-ring (bicyclic) bond motifs is 1. The van der Waals surface area contributed by atoms with Gasteiger partial charge in [-0.05, 0) is 58.4 Å². The largest absolute Gasteiger partial charge is 0.461 e. The highest BCUT2D eigenvalue weighted by atomic mass is 32.2. The third-order valence-electron chi connectivity index (χ3n) is 3.48. The Bertz CT molecular complexity index is 731. The van der Waals surface area contributed by atoms with Crippen molar-refractivity contribution in [3.05, 3.63) is 35.5 Å². The first kappa shape index (κ1) is 17.7. The van der Waals surface area contributed by atoms with Gasteiger partial charge in [-0.2, -0.15) is 0 Å². The van der Waals surface area contributed by atoms with E-state index in [-0.39, 0.29) is 16.8 Å². The number of ether oxygens (including phenoxy) is 1. The van der Waals surface area contributed by atoms with Gasteiger partial charge in [0.1, 0.15) is 5.69 Å². The highest BCUT2D eigenvalue weighted by Gasteiger charge is 2.22. The quantitative estimate of drug-likeness (QED) is 0.822. The molecule has 126 valence electrons. The smallest absolute Gasteiger partial charge is 0.354 e. The lowest BCUT2D eigenvalue weighted by molar-refractivity contribution is 0.0520. The number of rotatable bonds is 5. The Kier molecular flexibility index (Phi) is 5.26. The van der Waals surface area contributed by atoms with Gasteiger partial charge in [-0.25, -0.2) is 13.7 Å².